The van der Waals surface area contributed by atoms with Crippen molar-refractivity contribution in [2.75, 3.05) is 12.4 Å². The Hall–Kier alpha value is -0.590. The molecule has 1 atom stereocenters. The summed E-state index contributed by atoms with van der Waals surface area (Å²) >= 11 is 1.74. The van der Waals surface area contributed by atoms with Crippen molar-refractivity contribution in [2.24, 2.45) is 5.73 Å². The van der Waals surface area contributed by atoms with E-state index in [1.807, 2.05) is 0 Å². The summed E-state index contributed by atoms with van der Waals surface area (Å²) in [5, 5.41) is 9.35. The number of aromatic nitrogens is 3. The number of ether oxygens (including phenoxy) is 1. The van der Waals surface area contributed by atoms with Crippen molar-refractivity contribution in [3.63, 3.8) is 0 Å². The maximum absolute atomic E-state index is 5.73. The SMILES string of the molecule is CCCn1c(CN)nnc1SCC1CCCCO1. The molecule has 0 aromatic carbocycles. The summed E-state index contributed by atoms with van der Waals surface area (Å²) in [5.74, 6) is 1.84. The summed E-state index contributed by atoms with van der Waals surface area (Å²) < 4.78 is 7.86. The van der Waals surface area contributed by atoms with Crippen LogP contribution in [0, 0.1) is 0 Å². The van der Waals surface area contributed by atoms with E-state index in [0.29, 0.717) is 12.6 Å². The molecule has 1 aromatic rings. The molecule has 0 saturated carbocycles. The molecule has 1 unspecified atom stereocenters. The first-order valence-electron chi connectivity index (χ1n) is 6.71. The lowest BCUT2D eigenvalue weighted by molar-refractivity contribution is 0.0315. The Labute approximate surface area is 112 Å². The van der Waals surface area contributed by atoms with E-state index in [0.717, 1.165) is 36.3 Å². The van der Waals surface area contributed by atoms with Gasteiger partial charge in [-0.3, -0.25) is 0 Å². The highest BCUT2D eigenvalue weighted by molar-refractivity contribution is 7.99. The van der Waals surface area contributed by atoms with E-state index >= 15 is 0 Å². The molecule has 2 rings (SSSR count). The Morgan fingerprint density at radius 1 is 1.44 bits per heavy atom. The van der Waals surface area contributed by atoms with E-state index in [1.54, 1.807) is 11.8 Å². The van der Waals surface area contributed by atoms with Gasteiger partial charge in [0.2, 0.25) is 0 Å². The minimum absolute atomic E-state index is 0.372. The maximum Gasteiger partial charge on any atom is 0.191 e. The first-order valence-corrected chi connectivity index (χ1v) is 7.70. The number of thioether (sulfide) groups is 1. The second-order valence-electron chi connectivity index (χ2n) is 4.55. The van der Waals surface area contributed by atoms with Gasteiger partial charge >= 0.3 is 0 Å². The second-order valence-corrected chi connectivity index (χ2v) is 5.54. The molecule has 18 heavy (non-hydrogen) atoms. The third-order valence-electron chi connectivity index (χ3n) is 3.10. The molecule has 1 aromatic heterocycles. The summed E-state index contributed by atoms with van der Waals surface area (Å²) in [5.41, 5.74) is 5.68. The Kier molecular flexibility index (Phi) is 5.46. The number of nitrogens with two attached hydrogens (primary N) is 1. The van der Waals surface area contributed by atoms with Crippen LogP contribution in [0.4, 0.5) is 0 Å². The summed E-state index contributed by atoms with van der Waals surface area (Å²) in [6.45, 7) is 4.45. The summed E-state index contributed by atoms with van der Waals surface area (Å²) in [7, 11) is 0. The molecule has 1 fully saturated rings. The van der Waals surface area contributed by atoms with Crippen molar-refractivity contribution in [3.8, 4) is 0 Å². The van der Waals surface area contributed by atoms with Crippen molar-refractivity contribution < 1.29 is 4.74 Å². The number of hydrogen-bond acceptors (Lipinski definition) is 5. The average Bonchev–Trinajstić information content (AvgIpc) is 2.80. The second kappa shape index (κ2) is 7.11. The molecule has 0 spiro atoms. The summed E-state index contributed by atoms with van der Waals surface area (Å²) in [4.78, 5) is 0. The first-order chi connectivity index (χ1) is 8.85. The topological polar surface area (TPSA) is 66.0 Å². The largest absolute Gasteiger partial charge is 0.377 e. The summed E-state index contributed by atoms with van der Waals surface area (Å²) in [6.07, 6.45) is 5.08. The van der Waals surface area contributed by atoms with Gasteiger partial charge < -0.3 is 15.0 Å². The highest BCUT2D eigenvalue weighted by Gasteiger charge is 2.17. The lowest BCUT2D eigenvalue weighted by atomic mass is 10.1. The maximum atomic E-state index is 5.73. The Morgan fingerprint density at radius 3 is 3.00 bits per heavy atom. The van der Waals surface area contributed by atoms with Gasteiger partial charge in [0.15, 0.2) is 5.16 Å². The molecule has 6 heteroatoms. The third-order valence-corrected chi connectivity index (χ3v) is 4.19. The van der Waals surface area contributed by atoms with E-state index < -0.39 is 0 Å². The minimum Gasteiger partial charge on any atom is -0.377 e. The van der Waals surface area contributed by atoms with Gasteiger partial charge in [0.25, 0.3) is 0 Å². The Balaban J connectivity index is 1.93. The van der Waals surface area contributed by atoms with Crippen molar-refractivity contribution in [1.29, 1.82) is 0 Å². The van der Waals surface area contributed by atoms with Crippen LogP contribution >= 0.6 is 11.8 Å². The molecule has 1 aliphatic heterocycles. The monoisotopic (exact) mass is 270 g/mol. The van der Waals surface area contributed by atoms with Gasteiger partial charge in [-0.15, -0.1) is 10.2 Å². The van der Waals surface area contributed by atoms with Crippen molar-refractivity contribution in [3.05, 3.63) is 5.82 Å². The van der Waals surface area contributed by atoms with Gasteiger partial charge in [0, 0.05) is 18.9 Å². The van der Waals surface area contributed by atoms with E-state index in [2.05, 4.69) is 21.7 Å². The van der Waals surface area contributed by atoms with Gasteiger partial charge in [0.1, 0.15) is 5.82 Å². The molecule has 1 aliphatic rings. The minimum atomic E-state index is 0.372. The van der Waals surface area contributed by atoms with Crippen LogP contribution in [0.25, 0.3) is 0 Å². The standard InChI is InChI=1S/C12H22N4OS/c1-2-6-16-11(8-13)14-15-12(16)18-9-10-5-3-4-7-17-10/h10H,2-9,13H2,1H3. The number of hydrogen-bond donors (Lipinski definition) is 1. The average molecular weight is 270 g/mol. The molecule has 0 bridgehead atoms. The van der Waals surface area contributed by atoms with Crippen LogP contribution in [0.2, 0.25) is 0 Å². The smallest absolute Gasteiger partial charge is 0.191 e. The van der Waals surface area contributed by atoms with Crippen LogP contribution in [0.15, 0.2) is 5.16 Å². The zero-order valence-electron chi connectivity index (χ0n) is 11.0. The van der Waals surface area contributed by atoms with E-state index in [4.69, 9.17) is 10.5 Å². The van der Waals surface area contributed by atoms with Gasteiger partial charge in [-0.1, -0.05) is 18.7 Å². The number of rotatable bonds is 6. The lowest BCUT2D eigenvalue weighted by Gasteiger charge is -2.21. The predicted molar refractivity (Wildman–Crippen MR) is 72.5 cm³/mol. The van der Waals surface area contributed by atoms with E-state index in [1.165, 1.54) is 19.3 Å². The molecular weight excluding hydrogens is 248 g/mol. The van der Waals surface area contributed by atoms with Gasteiger partial charge in [-0.2, -0.15) is 0 Å². The van der Waals surface area contributed by atoms with E-state index in [9.17, 15) is 0 Å². The van der Waals surface area contributed by atoms with Crippen molar-refractivity contribution in [1.82, 2.24) is 14.8 Å². The zero-order chi connectivity index (χ0) is 12.8. The van der Waals surface area contributed by atoms with Crippen molar-refractivity contribution in [2.45, 2.75) is 57.0 Å². The van der Waals surface area contributed by atoms with Gasteiger partial charge in [-0.25, -0.2) is 0 Å². The highest BCUT2D eigenvalue weighted by atomic mass is 32.2. The van der Waals surface area contributed by atoms with Crippen LogP contribution < -0.4 is 5.73 Å². The Morgan fingerprint density at radius 2 is 2.33 bits per heavy atom. The van der Waals surface area contributed by atoms with Crippen LogP contribution in [-0.2, 0) is 17.8 Å². The molecule has 0 amide bonds. The van der Waals surface area contributed by atoms with Crippen LogP contribution in [0.3, 0.4) is 0 Å². The summed E-state index contributed by atoms with van der Waals surface area (Å²) in [6, 6.07) is 0. The van der Waals surface area contributed by atoms with Gasteiger partial charge in [-0.05, 0) is 25.7 Å². The fourth-order valence-corrected chi connectivity index (χ4v) is 3.18. The predicted octanol–water partition coefficient (Wildman–Crippen LogP) is 1.81. The molecule has 2 heterocycles. The van der Waals surface area contributed by atoms with Crippen LogP contribution in [0.1, 0.15) is 38.4 Å². The molecule has 0 radical (unpaired) electrons. The molecular formula is C12H22N4OS. The highest BCUT2D eigenvalue weighted by Crippen LogP contribution is 2.23. The molecule has 5 nitrogen and oxygen atoms in total. The quantitative estimate of drug-likeness (QED) is 0.799. The van der Waals surface area contributed by atoms with E-state index in [-0.39, 0.29) is 0 Å². The molecule has 0 aliphatic carbocycles. The lowest BCUT2D eigenvalue weighted by Crippen LogP contribution is -2.21. The van der Waals surface area contributed by atoms with Gasteiger partial charge in [0.05, 0.1) is 12.6 Å². The first kappa shape index (κ1) is 13.8. The van der Waals surface area contributed by atoms with Crippen molar-refractivity contribution >= 4 is 11.8 Å². The number of nitrogens with zero attached hydrogens (tertiary/aromatic N) is 3. The molecule has 102 valence electrons. The fourth-order valence-electron chi connectivity index (χ4n) is 2.13. The van der Waals surface area contributed by atoms with Crippen LogP contribution in [-0.4, -0.2) is 33.2 Å². The fraction of sp³-hybridized carbons (Fsp3) is 0.833. The zero-order valence-corrected chi connectivity index (χ0v) is 11.8. The Bertz CT molecular complexity index is 363. The normalized spacial score (nSPS) is 20.2. The molecule has 1 saturated heterocycles. The van der Waals surface area contributed by atoms with Crippen LogP contribution in [0.5, 0.6) is 0 Å². The molecule has 2 N–H and O–H groups in total. The third kappa shape index (κ3) is 3.46.